The Morgan fingerprint density at radius 2 is 1.65 bits per heavy atom. The fourth-order valence-electron chi connectivity index (χ4n) is 4.89. The highest BCUT2D eigenvalue weighted by Crippen LogP contribution is 2.22. The molecular weight excluding hydrogens is 544 g/mol. The van der Waals surface area contributed by atoms with Crippen molar-refractivity contribution in [3.63, 3.8) is 0 Å². The molecule has 0 radical (unpaired) electrons. The van der Waals surface area contributed by atoms with Crippen LogP contribution in [0.2, 0.25) is 0 Å². The van der Waals surface area contributed by atoms with Gasteiger partial charge in [-0.25, -0.2) is 0 Å². The van der Waals surface area contributed by atoms with Crippen molar-refractivity contribution in [3.05, 3.63) is 106 Å². The maximum Gasteiger partial charge on any atom is 0.243 e. The number of hydrogen-bond donors (Lipinski definition) is 1. The lowest BCUT2D eigenvalue weighted by Gasteiger charge is -2.32. The lowest BCUT2D eigenvalue weighted by molar-refractivity contribution is -0.139. The number of rotatable bonds is 11. The zero-order chi connectivity index (χ0) is 26.0. The van der Waals surface area contributed by atoms with E-state index in [-0.39, 0.29) is 17.9 Å². The van der Waals surface area contributed by atoms with Gasteiger partial charge in [-0.3, -0.25) is 9.59 Å². The van der Waals surface area contributed by atoms with E-state index < -0.39 is 6.04 Å². The average molecular weight is 580 g/mol. The van der Waals surface area contributed by atoms with E-state index in [0.717, 1.165) is 47.0 Å². The van der Waals surface area contributed by atoms with Crippen LogP contribution in [0.25, 0.3) is 0 Å². The van der Waals surface area contributed by atoms with Gasteiger partial charge in [0.25, 0.3) is 0 Å². The van der Waals surface area contributed by atoms with E-state index in [4.69, 9.17) is 0 Å². The van der Waals surface area contributed by atoms with Gasteiger partial charge in [-0.05, 0) is 48.6 Å². The summed E-state index contributed by atoms with van der Waals surface area (Å²) in [6, 6.07) is 26.0. The van der Waals surface area contributed by atoms with Crippen LogP contribution in [0.5, 0.6) is 0 Å². The molecule has 0 unspecified atom stereocenters. The van der Waals surface area contributed by atoms with Crippen molar-refractivity contribution in [3.8, 4) is 0 Å². The first-order chi connectivity index (χ1) is 18.0. The van der Waals surface area contributed by atoms with Gasteiger partial charge in [0.2, 0.25) is 11.8 Å². The minimum atomic E-state index is -0.575. The summed E-state index contributed by atoms with van der Waals surface area (Å²) in [6.45, 7) is 2.47. The lowest BCUT2D eigenvalue weighted by Crippen LogP contribution is -2.52. The molecule has 1 N–H and O–H groups in total. The second-order valence-corrected chi connectivity index (χ2v) is 11.7. The van der Waals surface area contributed by atoms with Crippen LogP contribution in [-0.4, -0.2) is 34.6 Å². The maximum atomic E-state index is 13.8. The van der Waals surface area contributed by atoms with E-state index in [9.17, 15) is 9.59 Å². The van der Waals surface area contributed by atoms with E-state index >= 15 is 0 Å². The standard InChI is InChI=1S/C31H35BrN2O2S/c1-23-9-7-13-26(17-23)21-37-22-30(35)34(20-25-12-8-14-27(32)18-25)29(19-24-10-3-2-4-11-24)31(36)33-28-15-5-6-16-28/h2-4,7-14,17-18,28-29H,5-6,15-16,19-22H2,1H3,(H,33,36)/t29-/m0/s1. The van der Waals surface area contributed by atoms with Gasteiger partial charge in [0.05, 0.1) is 5.75 Å². The first-order valence-electron chi connectivity index (χ1n) is 13.0. The van der Waals surface area contributed by atoms with Crippen molar-refractivity contribution in [2.75, 3.05) is 5.75 Å². The first kappa shape index (κ1) is 27.5. The average Bonchev–Trinajstić information content (AvgIpc) is 3.40. The van der Waals surface area contributed by atoms with Crippen molar-refractivity contribution in [2.45, 2.75) is 63.4 Å². The fourth-order valence-corrected chi connectivity index (χ4v) is 6.20. The van der Waals surface area contributed by atoms with E-state index in [0.29, 0.717) is 18.7 Å². The van der Waals surface area contributed by atoms with Crippen molar-refractivity contribution >= 4 is 39.5 Å². The van der Waals surface area contributed by atoms with Gasteiger partial charge in [0, 0.05) is 29.2 Å². The first-order valence-corrected chi connectivity index (χ1v) is 14.9. The normalized spacial score (nSPS) is 14.3. The number of nitrogens with zero attached hydrogens (tertiary/aromatic N) is 1. The van der Waals surface area contributed by atoms with Crippen molar-refractivity contribution in [1.82, 2.24) is 10.2 Å². The molecule has 0 bridgehead atoms. The summed E-state index contributed by atoms with van der Waals surface area (Å²) in [7, 11) is 0. The molecular formula is C31H35BrN2O2S. The molecule has 2 amide bonds. The SMILES string of the molecule is Cc1cccc(CSCC(=O)N(Cc2cccc(Br)c2)[C@@H](Cc2ccccc2)C(=O)NC2CCCC2)c1. The van der Waals surface area contributed by atoms with Crippen LogP contribution in [0.15, 0.2) is 83.3 Å². The molecule has 3 aromatic rings. The summed E-state index contributed by atoms with van der Waals surface area (Å²) in [5, 5.41) is 3.27. The predicted octanol–water partition coefficient (Wildman–Crippen LogP) is 6.69. The smallest absolute Gasteiger partial charge is 0.243 e. The summed E-state index contributed by atoms with van der Waals surface area (Å²) >= 11 is 5.16. The summed E-state index contributed by atoms with van der Waals surface area (Å²) < 4.78 is 0.959. The highest BCUT2D eigenvalue weighted by atomic mass is 79.9. The maximum absolute atomic E-state index is 13.8. The molecule has 1 fully saturated rings. The minimum absolute atomic E-state index is 0.0138. The number of benzene rings is 3. The van der Waals surface area contributed by atoms with Crippen LogP contribution in [0.4, 0.5) is 0 Å². The Bertz CT molecular complexity index is 1180. The molecule has 0 spiro atoms. The molecule has 0 heterocycles. The van der Waals surface area contributed by atoms with Gasteiger partial charge in [-0.15, -0.1) is 11.8 Å². The van der Waals surface area contributed by atoms with Crippen LogP contribution in [0.1, 0.15) is 47.9 Å². The topological polar surface area (TPSA) is 49.4 Å². The number of amides is 2. The molecule has 37 heavy (non-hydrogen) atoms. The highest BCUT2D eigenvalue weighted by Gasteiger charge is 2.32. The van der Waals surface area contributed by atoms with Gasteiger partial charge >= 0.3 is 0 Å². The zero-order valence-corrected chi connectivity index (χ0v) is 23.8. The van der Waals surface area contributed by atoms with Crippen molar-refractivity contribution in [1.29, 1.82) is 0 Å². The Morgan fingerprint density at radius 3 is 2.38 bits per heavy atom. The molecule has 3 aromatic carbocycles. The van der Waals surface area contributed by atoms with E-state index in [1.54, 1.807) is 16.7 Å². The summed E-state index contributed by atoms with van der Waals surface area (Å²) in [6.07, 6.45) is 4.79. The van der Waals surface area contributed by atoms with Gasteiger partial charge in [0.15, 0.2) is 0 Å². The van der Waals surface area contributed by atoms with E-state index in [1.807, 2.05) is 54.6 Å². The van der Waals surface area contributed by atoms with Gasteiger partial charge < -0.3 is 10.2 Å². The Kier molecular flexibility index (Phi) is 10.3. The molecule has 1 atom stereocenters. The third kappa shape index (κ3) is 8.47. The minimum Gasteiger partial charge on any atom is -0.352 e. The molecule has 1 saturated carbocycles. The number of nitrogens with one attached hydrogen (secondary N) is 1. The molecule has 1 aliphatic carbocycles. The third-order valence-electron chi connectivity index (χ3n) is 6.79. The van der Waals surface area contributed by atoms with E-state index in [1.165, 1.54) is 11.1 Å². The molecule has 4 rings (SSSR count). The molecule has 4 nitrogen and oxygen atoms in total. The summed E-state index contributed by atoms with van der Waals surface area (Å²) in [5.41, 5.74) is 4.47. The summed E-state index contributed by atoms with van der Waals surface area (Å²) in [4.78, 5) is 29.3. The van der Waals surface area contributed by atoms with Crippen LogP contribution >= 0.6 is 27.7 Å². The molecule has 0 aliphatic heterocycles. The lowest BCUT2D eigenvalue weighted by atomic mass is 10.0. The zero-order valence-electron chi connectivity index (χ0n) is 21.4. The largest absolute Gasteiger partial charge is 0.352 e. The molecule has 1 aliphatic rings. The Hall–Kier alpha value is -2.57. The fraction of sp³-hybridized carbons (Fsp3) is 0.355. The number of thioether (sulfide) groups is 1. The number of halogens is 1. The highest BCUT2D eigenvalue weighted by molar-refractivity contribution is 9.10. The van der Waals surface area contributed by atoms with Crippen molar-refractivity contribution < 1.29 is 9.59 Å². The molecule has 0 saturated heterocycles. The van der Waals surface area contributed by atoms with Crippen LogP contribution in [0, 0.1) is 6.92 Å². The second kappa shape index (κ2) is 13.8. The van der Waals surface area contributed by atoms with E-state index in [2.05, 4.69) is 52.4 Å². The number of hydrogen-bond acceptors (Lipinski definition) is 3. The molecule has 194 valence electrons. The monoisotopic (exact) mass is 578 g/mol. The quantitative estimate of drug-likeness (QED) is 0.276. The Balaban J connectivity index is 1.56. The van der Waals surface area contributed by atoms with Crippen LogP contribution in [-0.2, 0) is 28.3 Å². The van der Waals surface area contributed by atoms with Gasteiger partial charge in [0.1, 0.15) is 6.04 Å². The van der Waals surface area contributed by atoms with Crippen molar-refractivity contribution in [2.24, 2.45) is 0 Å². The Labute approximate surface area is 233 Å². The van der Waals surface area contributed by atoms with Crippen LogP contribution in [0.3, 0.4) is 0 Å². The number of carbonyl (C=O) groups excluding carboxylic acids is 2. The predicted molar refractivity (Wildman–Crippen MR) is 156 cm³/mol. The second-order valence-electron chi connectivity index (χ2n) is 9.83. The number of carbonyl (C=O) groups is 2. The molecule has 6 heteroatoms. The van der Waals surface area contributed by atoms with Crippen LogP contribution < -0.4 is 5.32 Å². The number of aryl methyl sites for hydroxylation is 1. The van der Waals surface area contributed by atoms with Gasteiger partial charge in [-0.1, -0.05) is 101 Å². The molecule has 0 aromatic heterocycles. The van der Waals surface area contributed by atoms with Gasteiger partial charge in [-0.2, -0.15) is 0 Å². The summed E-state index contributed by atoms with van der Waals surface area (Å²) in [5.74, 6) is 1.02. The Morgan fingerprint density at radius 1 is 0.946 bits per heavy atom. The third-order valence-corrected chi connectivity index (χ3v) is 8.27.